The third-order valence-electron chi connectivity index (χ3n) is 5.44. The van der Waals surface area contributed by atoms with E-state index in [-0.39, 0.29) is 12.3 Å². The summed E-state index contributed by atoms with van der Waals surface area (Å²) in [6, 6.07) is 15.5. The van der Waals surface area contributed by atoms with Crippen molar-refractivity contribution in [2.24, 2.45) is 5.73 Å². The highest BCUT2D eigenvalue weighted by atomic mass is 35.5. The topological polar surface area (TPSA) is 95.1 Å². The van der Waals surface area contributed by atoms with Gasteiger partial charge in [0.1, 0.15) is 12.1 Å². The Balaban J connectivity index is 1.48. The van der Waals surface area contributed by atoms with Crippen molar-refractivity contribution in [2.45, 2.75) is 32.2 Å². The van der Waals surface area contributed by atoms with Crippen LogP contribution >= 0.6 is 22.9 Å². The first-order chi connectivity index (χ1) is 16.3. The van der Waals surface area contributed by atoms with Crippen LogP contribution in [0.25, 0.3) is 26.8 Å². The summed E-state index contributed by atoms with van der Waals surface area (Å²) in [6.07, 6.45) is 2.68. The van der Waals surface area contributed by atoms with Crippen molar-refractivity contribution in [1.82, 2.24) is 14.8 Å². The number of para-hydroxylation sites is 1. The monoisotopic (exact) mass is 493 g/mol. The predicted octanol–water partition coefficient (Wildman–Crippen LogP) is 5.32. The highest BCUT2D eigenvalue weighted by Gasteiger charge is 2.23. The molecule has 174 valence electrons. The first-order valence-corrected chi connectivity index (χ1v) is 12.1. The van der Waals surface area contributed by atoms with Crippen molar-refractivity contribution >= 4 is 34.5 Å². The maximum Gasteiger partial charge on any atom is 0.226 e. The number of nitrogens with one attached hydrogen (secondary N) is 1. The summed E-state index contributed by atoms with van der Waals surface area (Å²) in [7, 11) is 0. The molecule has 0 saturated heterocycles. The van der Waals surface area contributed by atoms with Gasteiger partial charge in [-0.1, -0.05) is 23.7 Å². The second-order valence-corrected chi connectivity index (χ2v) is 10.4. The summed E-state index contributed by atoms with van der Waals surface area (Å²) in [5.41, 5.74) is 9.10. The lowest BCUT2D eigenvalue weighted by Gasteiger charge is -2.18. The first-order valence-electron chi connectivity index (χ1n) is 10.9. The maximum atomic E-state index is 12.3. The Kier molecular flexibility index (Phi) is 5.89. The van der Waals surface area contributed by atoms with E-state index in [1.54, 1.807) is 17.7 Å². The Morgan fingerprint density at radius 2 is 2.09 bits per heavy atom. The molecule has 2 aromatic carbocycles. The molecule has 2 aromatic heterocycles. The van der Waals surface area contributed by atoms with E-state index in [1.165, 1.54) is 5.56 Å². The number of fused-ring (bicyclic) bond motifs is 3. The Hall–Kier alpha value is -3.20. The Morgan fingerprint density at radius 1 is 1.26 bits per heavy atom. The van der Waals surface area contributed by atoms with Crippen molar-refractivity contribution in [2.75, 3.05) is 11.9 Å². The number of carbonyl (C=O) groups is 1. The van der Waals surface area contributed by atoms with Crippen LogP contribution in [0.4, 0.5) is 5.69 Å². The highest BCUT2D eigenvalue weighted by Crippen LogP contribution is 2.44. The van der Waals surface area contributed by atoms with Crippen molar-refractivity contribution in [3.8, 4) is 32.6 Å². The van der Waals surface area contributed by atoms with Crippen molar-refractivity contribution in [1.29, 1.82) is 0 Å². The molecule has 0 radical (unpaired) electrons. The fourth-order valence-electron chi connectivity index (χ4n) is 3.98. The van der Waals surface area contributed by atoms with Gasteiger partial charge in [-0.15, -0.1) is 21.5 Å². The van der Waals surface area contributed by atoms with Crippen LogP contribution in [0.5, 0.6) is 5.75 Å². The number of benzene rings is 2. The minimum atomic E-state index is -0.570. The molecule has 0 spiro atoms. The fourth-order valence-corrected chi connectivity index (χ4v) is 5.43. The number of aromatic nitrogens is 3. The zero-order valence-corrected chi connectivity index (χ0v) is 20.4. The number of carbonyl (C=O) groups excluding carboxylic acids is 1. The molecule has 0 atom stereocenters. The summed E-state index contributed by atoms with van der Waals surface area (Å²) in [4.78, 5) is 14.4. The van der Waals surface area contributed by atoms with Gasteiger partial charge in [-0.3, -0.25) is 9.36 Å². The number of hydrogen-bond donors (Lipinski definition) is 2. The normalized spacial score (nSPS) is 12.9. The molecule has 0 saturated carbocycles. The minimum absolute atomic E-state index is 0.126. The van der Waals surface area contributed by atoms with Crippen LogP contribution in [0.3, 0.4) is 0 Å². The van der Waals surface area contributed by atoms with E-state index in [0.717, 1.165) is 39.0 Å². The van der Waals surface area contributed by atoms with Crippen LogP contribution in [0.1, 0.15) is 25.8 Å². The van der Waals surface area contributed by atoms with Gasteiger partial charge < -0.3 is 15.8 Å². The van der Waals surface area contributed by atoms with Crippen LogP contribution in [-0.2, 0) is 11.2 Å². The SMILES string of the molecule is CC(C)(N)CC(=O)Nc1ccc2c(c1)OCCc1cc(-c3nncn3-c3ccccc3Cl)sc1-2. The van der Waals surface area contributed by atoms with Crippen LogP contribution in [-0.4, -0.2) is 32.8 Å². The van der Waals surface area contributed by atoms with E-state index in [0.29, 0.717) is 17.3 Å². The van der Waals surface area contributed by atoms with Crippen molar-refractivity contribution in [3.63, 3.8) is 0 Å². The number of halogens is 1. The van der Waals surface area contributed by atoms with Crippen LogP contribution in [0, 0.1) is 0 Å². The number of nitrogens with two attached hydrogens (primary N) is 1. The number of thiophene rings is 1. The molecule has 3 N–H and O–H groups in total. The largest absolute Gasteiger partial charge is 0.492 e. The lowest BCUT2D eigenvalue weighted by Crippen LogP contribution is -2.36. The lowest BCUT2D eigenvalue weighted by molar-refractivity contribution is -0.117. The molecule has 5 rings (SSSR count). The van der Waals surface area contributed by atoms with Crippen LogP contribution < -0.4 is 15.8 Å². The minimum Gasteiger partial charge on any atom is -0.492 e. The zero-order chi connectivity index (χ0) is 23.9. The predicted molar refractivity (Wildman–Crippen MR) is 136 cm³/mol. The average molecular weight is 494 g/mol. The van der Waals surface area contributed by atoms with Crippen molar-refractivity contribution < 1.29 is 9.53 Å². The third kappa shape index (κ3) is 4.57. The van der Waals surface area contributed by atoms with Gasteiger partial charge in [0.25, 0.3) is 0 Å². The van der Waals surface area contributed by atoms with Gasteiger partial charge in [0.05, 0.1) is 22.2 Å². The number of hydrogen-bond acceptors (Lipinski definition) is 6. The summed E-state index contributed by atoms with van der Waals surface area (Å²) in [5.74, 6) is 1.35. The molecule has 0 fully saturated rings. The Bertz CT molecular complexity index is 1370. The number of ether oxygens (including phenoxy) is 1. The lowest BCUT2D eigenvalue weighted by atomic mass is 10.0. The van der Waals surface area contributed by atoms with Crippen molar-refractivity contribution in [3.05, 3.63) is 65.4 Å². The molecule has 1 amide bonds. The molecule has 4 aromatic rings. The summed E-state index contributed by atoms with van der Waals surface area (Å²) < 4.78 is 7.94. The molecule has 0 unspecified atom stereocenters. The van der Waals surface area contributed by atoms with Gasteiger partial charge in [0.2, 0.25) is 5.91 Å². The van der Waals surface area contributed by atoms with Gasteiger partial charge >= 0.3 is 0 Å². The smallest absolute Gasteiger partial charge is 0.226 e. The zero-order valence-electron chi connectivity index (χ0n) is 18.8. The summed E-state index contributed by atoms with van der Waals surface area (Å²) >= 11 is 8.07. The van der Waals surface area contributed by atoms with Crippen LogP contribution in [0.2, 0.25) is 5.02 Å². The molecule has 1 aliphatic heterocycles. The standard InChI is InChI=1S/C25H24ClN5O2S/c1-25(2,27)13-22(32)29-16-7-8-17-20(12-16)33-10-9-15-11-21(34-23(15)17)24-30-28-14-31(24)19-6-4-3-5-18(19)26/h3-8,11-12,14H,9-10,13,27H2,1-2H3,(H,29,32). The Labute approximate surface area is 206 Å². The number of anilines is 1. The van der Waals surface area contributed by atoms with E-state index in [2.05, 4.69) is 21.6 Å². The molecule has 9 heteroatoms. The molecule has 34 heavy (non-hydrogen) atoms. The molecule has 1 aliphatic rings. The molecule has 7 nitrogen and oxygen atoms in total. The van der Waals surface area contributed by atoms with Crippen LogP contribution in [0.15, 0.2) is 54.9 Å². The third-order valence-corrected chi connectivity index (χ3v) is 6.97. The number of rotatable bonds is 5. The fraction of sp³-hybridized carbons (Fsp3) is 0.240. The summed E-state index contributed by atoms with van der Waals surface area (Å²) in [5, 5.41) is 12.1. The highest BCUT2D eigenvalue weighted by molar-refractivity contribution is 7.19. The van der Waals surface area contributed by atoms with Gasteiger partial charge in [0, 0.05) is 40.6 Å². The first kappa shape index (κ1) is 22.6. The molecule has 3 heterocycles. The summed E-state index contributed by atoms with van der Waals surface area (Å²) in [6.45, 7) is 4.20. The number of amides is 1. The molecule has 0 aliphatic carbocycles. The van der Waals surface area contributed by atoms with E-state index >= 15 is 0 Å². The van der Waals surface area contributed by atoms with E-state index < -0.39 is 5.54 Å². The van der Waals surface area contributed by atoms with E-state index in [9.17, 15) is 4.79 Å². The Morgan fingerprint density at radius 3 is 2.88 bits per heavy atom. The second kappa shape index (κ2) is 8.87. The van der Waals surface area contributed by atoms with E-state index in [4.69, 9.17) is 22.1 Å². The second-order valence-electron chi connectivity index (χ2n) is 8.96. The van der Waals surface area contributed by atoms with Gasteiger partial charge in [0.15, 0.2) is 5.82 Å². The average Bonchev–Trinajstić information content (AvgIpc) is 3.37. The maximum absolute atomic E-state index is 12.3. The molecule has 0 bridgehead atoms. The van der Waals surface area contributed by atoms with Gasteiger partial charge in [-0.25, -0.2) is 0 Å². The number of nitrogens with zero attached hydrogens (tertiary/aromatic N) is 3. The molecular weight excluding hydrogens is 470 g/mol. The van der Waals surface area contributed by atoms with Gasteiger partial charge in [-0.2, -0.15) is 0 Å². The quantitative estimate of drug-likeness (QED) is 0.392. The van der Waals surface area contributed by atoms with Gasteiger partial charge in [-0.05, 0) is 49.7 Å². The molecular formula is C25H24ClN5O2S. The van der Waals surface area contributed by atoms with E-state index in [1.807, 2.05) is 60.9 Å².